The zero-order valence-corrected chi connectivity index (χ0v) is 9.59. The van der Waals surface area contributed by atoms with Crippen molar-refractivity contribution in [3.63, 3.8) is 0 Å². The van der Waals surface area contributed by atoms with Gasteiger partial charge in [-0.2, -0.15) is 0 Å². The number of Topliss-reactive ketones (excluding diaryl/α,β-unsaturated/α-hetero) is 1. The van der Waals surface area contributed by atoms with E-state index in [1.807, 2.05) is 30.3 Å². The predicted molar refractivity (Wildman–Crippen MR) is 61.0 cm³/mol. The first kappa shape index (κ1) is 11.8. The molecule has 1 aromatic rings. The maximum absolute atomic E-state index is 11.3. The molecule has 1 fully saturated rings. The van der Waals surface area contributed by atoms with E-state index in [0.717, 1.165) is 5.56 Å². The molecule has 0 bridgehead atoms. The molecular formula is C14H15O3-. The van der Waals surface area contributed by atoms with Crippen molar-refractivity contribution in [3.8, 4) is 0 Å². The van der Waals surface area contributed by atoms with E-state index < -0.39 is 11.9 Å². The molecule has 0 aromatic heterocycles. The summed E-state index contributed by atoms with van der Waals surface area (Å²) in [5, 5.41) is 11.0. The highest BCUT2D eigenvalue weighted by Crippen LogP contribution is 2.30. The number of carbonyl (C=O) groups is 2. The maximum atomic E-state index is 11.3. The van der Waals surface area contributed by atoms with Crippen LogP contribution in [-0.4, -0.2) is 11.8 Å². The molecule has 2 atom stereocenters. The third kappa shape index (κ3) is 2.93. The number of hydrogen-bond donors (Lipinski definition) is 0. The average molecular weight is 231 g/mol. The monoisotopic (exact) mass is 231 g/mol. The van der Waals surface area contributed by atoms with Gasteiger partial charge in [-0.3, -0.25) is 4.79 Å². The molecule has 0 spiro atoms. The van der Waals surface area contributed by atoms with Gasteiger partial charge in [-0.15, -0.1) is 0 Å². The lowest BCUT2D eigenvalue weighted by Crippen LogP contribution is -2.40. The van der Waals surface area contributed by atoms with Gasteiger partial charge in [0.1, 0.15) is 5.78 Å². The van der Waals surface area contributed by atoms with Gasteiger partial charge < -0.3 is 9.90 Å². The number of rotatable bonds is 3. The van der Waals surface area contributed by atoms with Gasteiger partial charge in [-0.05, 0) is 24.3 Å². The van der Waals surface area contributed by atoms with E-state index in [2.05, 4.69) is 0 Å². The molecule has 0 aliphatic heterocycles. The predicted octanol–water partition coefficient (Wildman–Crippen LogP) is 0.964. The Labute approximate surface area is 100 Å². The standard InChI is InChI=1S/C14H16O3/c15-12-7-6-11(13(9-12)14(16)17)8-10-4-2-1-3-5-10/h1-5,11,13H,6-9H2,(H,16,17)/p-1/t11-,13+/m1/s1. The van der Waals surface area contributed by atoms with Crippen molar-refractivity contribution in [2.45, 2.75) is 25.7 Å². The third-order valence-electron chi connectivity index (χ3n) is 3.45. The smallest absolute Gasteiger partial charge is 0.133 e. The van der Waals surface area contributed by atoms with E-state index in [-0.39, 0.29) is 18.1 Å². The first-order valence-corrected chi connectivity index (χ1v) is 5.93. The second-order valence-corrected chi connectivity index (χ2v) is 4.66. The van der Waals surface area contributed by atoms with Gasteiger partial charge in [0.15, 0.2) is 0 Å². The summed E-state index contributed by atoms with van der Waals surface area (Å²) in [6.45, 7) is 0. The molecule has 2 rings (SSSR count). The van der Waals surface area contributed by atoms with E-state index >= 15 is 0 Å². The van der Waals surface area contributed by atoms with Crippen molar-refractivity contribution in [2.75, 3.05) is 0 Å². The fourth-order valence-electron chi connectivity index (χ4n) is 2.50. The molecule has 1 saturated carbocycles. The van der Waals surface area contributed by atoms with Gasteiger partial charge in [-0.25, -0.2) is 0 Å². The Hall–Kier alpha value is -1.64. The van der Waals surface area contributed by atoms with E-state index in [1.54, 1.807) is 0 Å². The van der Waals surface area contributed by atoms with Gasteiger partial charge in [0.25, 0.3) is 0 Å². The van der Waals surface area contributed by atoms with Crippen LogP contribution in [0.25, 0.3) is 0 Å². The molecule has 1 aromatic carbocycles. The molecule has 1 aliphatic carbocycles. The Balaban J connectivity index is 2.08. The fraction of sp³-hybridized carbons (Fsp3) is 0.429. The lowest BCUT2D eigenvalue weighted by Gasteiger charge is -2.31. The summed E-state index contributed by atoms with van der Waals surface area (Å²) in [5.41, 5.74) is 1.12. The maximum Gasteiger partial charge on any atom is 0.133 e. The largest absolute Gasteiger partial charge is 0.550 e. The zero-order chi connectivity index (χ0) is 12.3. The van der Waals surface area contributed by atoms with Crippen LogP contribution in [0.4, 0.5) is 0 Å². The van der Waals surface area contributed by atoms with Crippen LogP contribution < -0.4 is 5.11 Å². The van der Waals surface area contributed by atoms with Crippen LogP contribution in [0.3, 0.4) is 0 Å². The minimum atomic E-state index is -1.08. The van der Waals surface area contributed by atoms with Crippen molar-refractivity contribution in [1.29, 1.82) is 0 Å². The first-order chi connectivity index (χ1) is 8.16. The van der Waals surface area contributed by atoms with Crippen LogP contribution in [0.5, 0.6) is 0 Å². The van der Waals surface area contributed by atoms with Crippen molar-refractivity contribution in [1.82, 2.24) is 0 Å². The number of aliphatic carboxylic acids is 1. The lowest BCUT2D eigenvalue weighted by atomic mass is 9.76. The van der Waals surface area contributed by atoms with Gasteiger partial charge in [0.2, 0.25) is 0 Å². The number of carboxylic acid groups (broad SMARTS) is 1. The van der Waals surface area contributed by atoms with Gasteiger partial charge in [0, 0.05) is 24.7 Å². The molecule has 0 saturated heterocycles. The summed E-state index contributed by atoms with van der Waals surface area (Å²) in [6.07, 6.45) is 2.01. The third-order valence-corrected chi connectivity index (χ3v) is 3.45. The summed E-state index contributed by atoms with van der Waals surface area (Å²) in [7, 11) is 0. The van der Waals surface area contributed by atoms with E-state index in [9.17, 15) is 14.7 Å². The summed E-state index contributed by atoms with van der Waals surface area (Å²) < 4.78 is 0. The molecular weight excluding hydrogens is 216 g/mol. The molecule has 0 heterocycles. The highest BCUT2D eigenvalue weighted by Gasteiger charge is 2.30. The molecule has 1 aliphatic rings. The van der Waals surface area contributed by atoms with Crippen LogP contribution in [0.2, 0.25) is 0 Å². The van der Waals surface area contributed by atoms with E-state index in [0.29, 0.717) is 19.3 Å². The van der Waals surface area contributed by atoms with E-state index in [4.69, 9.17) is 0 Å². The van der Waals surface area contributed by atoms with Crippen LogP contribution in [0, 0.1) is 11.8 Å². The number of carbonyl (C=O) groups excluding carboxylic acids is 2. The molecule has 0 amide bonds. The fourth-order valence-corrected chi connectivity index (χ4v) is 2.50. The summed E-state index contributed by atoms with van der Waals surface area (Å²) >= 11 is 0. The minimum Gasteiger partial charge on any atom is -0.550 e. The number of ketones is 1. The average Bonchev–Trinajstić information content (AvgIpc) is 2.32. The molecule has 90 valence electrons. The second-order valence-electron chi connectivity index (χ2n) is 4.66. The van der Waals surface area contributed by atoms with Gasteiger partial charge >= 0.3 is 0 Å². The van der Waals surface area contributed by atoms with Crippen LogP contribution in [0.1, 0.15) is 24.8 Å². The highest BCUT2D eigenvalue weighted by atomic mass is 16.4. The van der Waals surface area contributed by atoms with Crippen LogP contribution in [0.15, 0.2) is 30.3 Å². The molecule has 3 nitrogen and oxygen atoms in total. The first-order valence-electron chi connectivity index (χ1n) is 5.93. The number of hydrogen-bond acceptors (Lipinski definition) is 3. The lowest BCUT2D eigenvalue weighted by molar-refractivity contribution is -0.313. The van der Waals surface area contributed by atoms with Gasteiger partial charge in [0.05, 0.1) is 0 Å². The highest BCUT2D eigenvalue weighted by molar-refractivity contribution is 5.84. The van der Waals surface area contributed by atoms with Crippen molar-refractivity contribution < 1.29 is 14.7 Å². The molecule has 3 heteroatoms. The van der Waals surface area contributed by atoms with E-state index in [1.165, 1.54) is 0 Å². The van der Waals surface area contributed by atoms with Crippen LogP contribution >= 0.6 is 0 Å². The molecule has 17 heavy (non-hydrogen) atoms. The Morgan fingerprint density at radius 3 is 2.65 bits per heavy atom. The van der Waals surface area contributed by atoms with Crippen LogP contribution in [-0.2, 0) is 16.0 Å². The topological polar surface area (TPSA) is 57.2 Å². The molecule has 0 radical (unpaired) electrons. The van der Waals surface area contributed by atoms with Crippen molar-refractivity contribution in [3.05, 3.63) is 35.9 Å². The zero-order valence-electron chi connectivity index (χ0n) is 9.59. The Kier molecular flexibility index (Phi) is 3.57. The minimum absolute atomic E-state index is 0.0279. The SMILES string of the molecule is O=C1CC[C@H](Cc2ccccc2)[C@@H](C(=O)[O-])C1. The Morgan fingerprint density at radius 2 is 2.00 bits per heavy atom. The van der Waals surface area contributed by atoms with Gasteiger partial charge in [-0.1, -0.05) is 30.3 Å². The Bertz CT molecular complexity index is 411. The normalized spacial score (nSPS) is 24.6. The Morgan fingerprint density at radius 1 is 1.29 bits per heavy atom. The summed E-state index contributed by atoms with van der Waals surface area (Å²) in [6, 6.07) is 9.80. The number of carboxylic acids is 1. The number of benzene rings is 1. The van der Waals surface area contributed by atoms with Crippen molar-refractivity contribution >= 4 is 11.8 Å². The molecule has 0 unspecified atom stereocenters. The molecule has 0 N–H and O–H groups in total. The summed E-state index contributed by atoms with van der Waals surface area (Å²) in [5.74, 6) is -1.63. The van der Waals surface area contributed by atoms with Crippen molar-refractivity contribution in [2.24, 2.45) is 11.8 Å². The quantitative estimate of drug-likeness (QED) is 0.778. The second kappa shape index (κ2) is 5.13. The summed E-state index contributed by atoms with van der Waals surface area (Å²) in [4.78, 5) is 22.3.